The van der Waals surface area contributed by atoms with E-state index in [9.17, 15) is 14.0 Å². The summed E-state index contributed by atoms with van der Waals surface area (Å²) in [6.45, 7) is 0. The van der Waals surface area contributed by atoms with Gasteiger partial charge in [-0.15, -0.1) is 0 Å². The van der Waals surface area contributed by atoms with E-state index in [1.54, 1.807) is 49.6 Å². The van der Waals surface area contributed by atoms with Crippen LogP contribution in [0.5, 0.6) is 5.75 Å². The van der Waals surface area contributed by atoms with E-state index in [-0.39, 0.29) is 0 Å². The highest BCUT2D eigenvalue weighted by Crippen LogP contribution is 2.56. The minimum absolute atomic E-state index is 0.538. The highest BCUT2D eigenvalue weighted by molar-refractivity contribution is 8.09. The molecule has 1 aliphatic rings. The standard InChI is InChI=1S/C24H19ClO5S/c1-29-21-14-12-18(13-15-21)22-16-17-23(19-8-4-2-5-9-19)31-24(22,30-25(26,27)28)20-10-6-3-7-11-20/h2-17H,1H3. The Morgan fingerprint density at radius 2 is 1.35 bits per heavy atom. The van der Waals surface area contributed by atoms with E-state index in [1.165, 1.54) is 11.8 Å². The molecule has 0 saturated heterocycles. The molecule has 1 atom stereocenters. The van der Waals surface area contributed by atoms with E-state index >= 15 is 0 Å². The molecule has 0 bridgehead atoms. The summed E-state index contributed by atoms with van der Waals surface area (Å²) >= 11 is 1.18. The Balaban J connectivity index is 1.93. The van der Waals surface area contributed by atoms with Gasteiger partial charge in [-0.05, 0) is 29.3 Å². The van der Waals surface area contributed by atoms with Gasteiger partial charge in [-0.2, -0.15) is 14.0 Å². The van der Waals surface area contributed by atoms with Crippen molar-refractivity contribution in [3.63, 3.8) is 0 Å². The number of halogens is 1. The van der Waals surface area contributed by atoms with E-state index in [1.807, 2.05) is 54.6 Å². The van der Waals surface area contributed by atoms with Crippen LogP contribution in [0.1, 0.15) is 16.7 Å². The van der Waals surface area contributed by atoms with Gasteiger partial charge in [0.25, 0.3) is 0 Å². The maximum atomic E-state index is 11.9. The van der Waals surface area contributed by atoms with Gasteiger partial charge in [0.1, 0.15) is 5.75 Å². The first-order valence-corrected chi connectivity index (χ1v) is 11.4. The quantitative estimate of drug-likeness (QED) is 0.569. The van der Waals surface area contributed by atoms with E-state index < -0.39 is 15.2 Å². The zero-order valence-electron chi connectivity index (χ0n) is 16.6. The monoisotopic (exact) mass is 454 g/mol. The first kappa shape index (κ1) is 21.6. The Morgan fingerprint density at radius 3 is 1.94 bits per heavy atom. The Hall–Kier alpha value is -2.58. The first-order chi connectivity index (χ1) is 14.9. The summed E-state index contributed by atoms with van der Waals surface area (Å²) in [7, 11) is -3.17. The summed E-state index contributed by atoms with van der Waals surface area (Å²) in [4.78, 5) is -0.821. The zero-order chi connectivity index (χ0) is 21.9. The third-order valence-electron chi connectivity index (χ3n) is 4.83. The number of methoxy groups -OCH3 is 1. The highest BCUT2D eigenvalue weighted by atomic mass is 35.7. The number of thioether (sulfide) groups is 1. The number of rotatable bonds is 6. The van der Waals surface area contributed by atoms with Gasteiger partial charge in [-0.3, -0.25) is 0 Å². The van der Waals surface area contributed by atoms with Gasteiger partial charge in [0, 0.05) is 16.0 Å². The van der Waals surface area contributed by atoms with E-state index in [0.29, 0.717) is 22.4 Å². The van der Waals surface area contributed by atoms with Crippen LogP contribution in [0.15, 0.2) is 97.1 Å². The second-order valence-corrected chi connectivity index (χ2v) is 8.87. The molecule has 3 aromatic rings. The molecule has 4 rings (SSSR count). The van der Waals surface area contributed by atoms with Crippen molar-refractivity contribution in [1.82, 2.24) is 0 Å². The fourth-order valence-electron chi connectivity index (χ4n) is 3.43. The normalized spacial score (nSPS) is 18.8. The number of ether oxygens (including phenoxy) is 1. The van der Waals surface area contributed by atoms with Gasteiger partial charge in [-0.1, -0.05) is 90.6 Å². The minimum Gasteiger partial charge on any atom is -0.497 e. The molecule has 5 nitrogen and oxygen atoms in total. The molecule has 0 aliphatic carbocycles. The van der Waals surface area contributed by atoms with Crippen molar-refractivity contribution in [1.29, 1.82) is 0 Å². The maximum absolute atomic E-state index is 11.9. The van der Waals surface area contributed by atoms with Crippen molar-refractivity contribution >= 4 is 22.2 Å². The minimum atomic E-state index is -4.74. The zero-order valence-corrected chi connectivity index (χ0v) is 18.1. The Bertz CT molecular complexity index is 1090. The van der Waals surface area contributed by atoms with Gasteiger partial charge < -0.3 is 4.74 Å². The summed E-state index contributed by atoms with van der Waals surface area (Å²) in [5, 5.41) is 0. The lowest BCUT2D eigenvalue weighted by Gasteiger charge is -2.34. The number of allylic oxidation sites excluding steroid dienone is 2. The molecule has 0 saturated carbocycles. The van der Waals surface area contributed by atoms with Crippen LogP contribution < -0.4 is 18.7 Å². The summed E-state index contributed by atoms with van der Waals surface area (Å²) in [5.74, 6) is 0.661. The van der Waals surface area contributed by atoms with Crippen LogP contribution in [0.25, 0.3) is 10.5 Å². The first-order valence-electron chi connectivity index (χ1n) is 9.40. The van der Waals surface area contributed by atoms with Crippen LogP contribution in [-0.2, 0) is 9.22 Å². The molecule has 0 N–H and O–H groups in total. The largest absolute Gasteiger partial charge is 0.497 e. The van der Waals surface area contributed by atoms with Gasteiger partial charge in [-0.25, -0.2) is 0 Å². The Morgan fingerprint density at radius 1 is 0.742 bits per heavy atom. The molecule has 1 unspecified atom stereocenters. The topological polar surface area (TPSA) is 87.6 Å². The lowest BCUT2D eigenvalue weighted by atomic mass is 9.93. The lowest BCUT2D eigenvalue weighted by Crippen LogP contribution is -2.63. The van der Waals surface area contributed by atoms with Gasteiger partial charge in [0.15, 0.2) is 0 Å². The third kappa shape index (κ3) is 4.70. The average molecular weight is 455 g/mol. The molecule has 0 amide bonds. The van der Waals surface area contributed by atoms with Crippen LogP contribution in [0.4, 0.5) is 0 Å². The van der Waals surface area contributed by atoms with Gasteiger partial charge >= 0.3 is 4.93 Å². The summed E-state index contributed by atoms with van der Waals surface area (Å²) in [6, 6.07) is 25.6. The third-order valence-corrected chi connectivity index (χ3v) is 6.76. The molecule has 0 radical (unpaired) electrons. The number of benzene rings is 3. The Kier molecular flexibility index (Phi) is 6.20. The van der Waals surface area contributed by atoms with Crippen LogP contribution in [0, 0.1) is 10.2 Å². The second-order valence-electron chi connectivity index (χ2n) is 6.75. The summed E-state index contributed by atoms with van der Waals surface area (Å²) in [5.41, 5.74) is 2.68. The second kappa shape index (κ2) is 8.88. The molecular weight excluding hydrogens is 436 g/mol. The van der Waals surface area contributed by atoms with Crippen molar-refractivity contribution in [2.45, 2.75) is 4.93 Å². The number of hydrogen-bond acceptors (Lipinski definition) is 6. The summed E-state index contributed by atoms with van der Waals surface area (Å²) < 4.78 is 46.3. The molecule has 31 heavy (non-hydrogen) atoms. The lowest BCUT2D eigenvalue weighted by molar-refractivity contribution is -1.92. The Labute approximate surface area is 187 Å². The molecular formula is C24H19ClO5S. The SMILES string of the molecule is COc1ccc(C2=CC=C(c3ccccc3)SC2(O[Cl+3]([O-])([O-])[O-])c2ccccc2)cc1. The van der Waals surface area contributed by atoms with Crippen LogP contribution in [0.3, 0.4) is 0 Å². The molecule has 158 valence electrons. The van der Waals surface area contributed by atoms with Gasteiger partial charge in [0.05, 0.1) is 21.6 Å². The van der Waals surface area contributed by atoms with Crippen LogP contribution in [-0.4, -0.2) is 7.11 Å². The fraction of sp³-hybridized carbons (Fsp3) is 0.0833. The van der Waals surface area contributed by atoms with E-state index in [0.717, 1.165) is 10.5 Å². The fourth-order valence-corrected chi connectivity index (χ4v) is 5.48. The molecule has 0 fully saturated rings. The molecule has 7 heteroatoms. The van der Waals surface area contributed by atoms with Crippen molar-refractivity contribution in [3.8, 4) is 5.75 Å². The number of hydrogen-bond donors (Lipinski definition) is 0. The van der Waals surface area contributed by atoms with Crippen molar-refractivity contribution in [2.75, 3.05) is 7.11 Å². The molecule has 1 aliphatic heterocycles. The van der Waals surface area contributed by atoms with Gasteiger partial charge in [0.2, 0.25) is 0 Å². The molecule has 0 spiro atoms. The summed E-state index contributed by atoms with van der Waals surface area (Å²) in [6.07, 6.45) is 3.70. The molecule has 1 heterocycles. The van der Waals surface area contributed by atoms with E-state index in [4.69, 9.17) is 9.03 Å². The molecule has 0 aromatic heterocycles. The predicted octanol–water partition coefficient (Wildman–Crippen LogP) is 2.63. The maximum Gasteiger partial charge on any atom is 0.324 e. The smallest absolute Gasteiger partial charge is 0.324 e. The predicted molar refractivity (Wildman–Crippen MR) is 112 cm³/mol. The van der Waals surface area contributed by atoms with E-state index in [2.05, 4.69) is 0 Å². The van der Waals surface area contributed by atoms with Crippen molar-refractivity contribution in [3.05, 3.63) is 114 Å². The van der Waals surface area contributed by atoms with Crippen LogP contribution in [0.2, 0.25) is 0 Å². The van der Waals surface area contributed by atoms with Crippen molar-refractivity contribution in [2.24, 2.45) is 0 Å². The average Bonchev–Trinajstić information content (AvgIpc) is 2.79. The molecule has 3 aromatic carbocycles. The highest BCUT2D eigenvalue weighted by Gasteiger charge is 2.54. The van der Waals surface area contributed by atoms with Crippen molar-refractivity contribution < 1.29 is 33.2 Å². The van der Waals surface area contributed by atoms with Crippen LogP contribution >= 0.6 is 11.8 Å².